The van der Waals surface area contributed by atoms with E-state index in [4.69, 9.17) is 10.5 Å². The summed E-state index contributed by atoms with van der Waals surface area (Å²) in [6, 6.07) is 13.2. The summed E-state index contributed by atoms with van der Waals surface area (Å²) in [5.41, 5.74) is 6.66. The SMILES string of the molecule is CCNC(=NCc1cccc(C(N)=O)c1)NCC(CC)Oc1cccc(F)c1. The van der Waals surface area contributed by atoms with Gasteiger partial charge in [0.2, 0.25) is 5.91 Å². The number of nitrogens with zero attached hydrogens (tertiary/aromatic N) is 1. The van der Waals surface area contributed by atoms with E-state index in [1.807, 2.05) is 19.9 Å². The van der Waals surface area contributed by atoms with E-state index in [-0.39, 0.29) is 11.9 Å². The second-order valence-corrected chi connectivity index (χ2v) is 6.25. The molecule has 1 atom stereocenters. The molecule has 1 amide bonds. The molecule has 0 bridgehead atoms. The van der Waals surface area contributed by atoms with Crippen LogP contribution in [0.1, 0.15) is 36.2 Å². The fourth-order valence-electron chi connectivity index (χ4n) is 2.55. The Labute approximate surface area is 165 Å². The van der Waals surface area contributed by atoms with Gasteiger partial charge in [0, 0.05) is 18.2 Å². The molecule has 2 aromatic carbocycles. The number of amides is 1. The Bertz CT molecular complexity index is 810. The van der Waals surface area contributed by atoms with Crippen molar-refractivity contribution in [2.24, 2.45) is 10.7 Å². The third-order valence-corrected chi connectivity index (χ3v) is 4.03. The summed E-state index contributed by atoms with van der Waals surface area (Å²) in [5.74, 6) is 0.344. The molecule has 0 aromatic heterocycles. The molecule has 0 heterocycles. The number of aliphatic imine (C=N–C) groups is 1. The van der Waals surface area contributed by atoms with Gasteiger partial charge in [-0.2, -0.15) is 0 Å². The topological polar surface area (TPSA) is 88.7 Å². The summed E-state index contributed by atoms with van der Waals surface area (Å²) >= 11 is 0. The molecule has 0 aliphatic heterocycles. The van der Waals surface area contributed by atoms with Crippen molar-refractivity contribution in [2.75, 3.05) is 13.1 Å². The van der Waals surface area contributed by atoms with Crippen LogP contribution in [0.2, 0.25) is 0 Å². The van der Waals surface area contributed by atoms with Crippen molar-refractivity contribution in [3.63, 3.8) is 0 Å². The maximum atomic E-state index is 13.3. The zero-order chi connectivity index (χ0) is 20.4. The third kappa shape index (κ3) is 6.90. The summed E-state index contributed by atoms with van der Waals surface area (Å²) < 4.78 is 19.2. The van der Waals surface area contributed by atoms with E-state index in [1.54, 1.807) is 30.3 Å². The van der Waals surface area contributed by atoms with E-state index < -0.39 is 5.91 Å². The lowest BCUT2D eigenvalue weighted by atomic mass is 10.1. The van der Waals surface area contributed by atoms with Crippen LogP contribution in [-0.4, -0.2) is 31.1 Å². The molecule has 0 saturated heterocycles. The van der Waals surface area contributed by atoms with Gasteiger partial charge in [-0.05, 0) is 43.2 Å². The van der Waals surface area contributed by atoms with Gasteiger partial charge in [0.1, 0.15) is 17.7 Å². The van der Waals surface area contributed by atoms with Crippen molar-refractivity contribution in [3.05, 3.63) is 65.5 Å². The van der Waals surface area contributed by atoms with E-state index in [1.165, 1.54) is 12.1 Å². The van der Waals surface area contributed by atoms with Crippen LogP contribution in [0.15, 0.2) is 53.5 Å². The van der Waals surface area contributed by atoms with Gasteiger partial charge in [-0.1, -0.05) is 25.1 Å². The Hall–Kier alpha value is -3.09. The molecular weight excluding hydrogens is 359 g/mol. The Morgan fingerprint density at radius 1 is 1.18 bits per heavy atom. The van der Waals surface area contributed by atoms with Crippen LogP contribution in [0.3, 0.4) is 0 Å². The molecule has 28 heavy (non-hydrogen) atoms. The average Bonchev–Trinajstić information content (AvgIpc) is 2.69. The van der Waals surface area contributed by atoms with Crippen LogP contribution in [0.4, 0.5) is 4.39 Å². The first kappa shape index (κ1) is 21.2. The molecule has 150 valence electrons. The molecular formula is C21H27FN4O2. The molecule has 2 rings (SSSR count). The molecule has 0 aliphatic carbocycles. The lowest BCUT2D eigenvalue weighted by molar-refractivity contribution is 0.1000. The van der Waals surface area contributed by atoms with Crippen LogP contribution in [0.25, 0.3) is 0 Å². The van der Waals surface area contributed by atoms with Crippen molar-refractivity contribution in [2.45, 2.75) is 32.9 Å². The van der Waals surface area contributed by atoms with Crippen LogP contribution in [0, 0.1) is 5.82 Å². The Kier molecular flexibility index (Phi) is 8.27. The number of nitrogens with one attached hydrogen (secondary N) is 2. The van der Waals surface area contributed by atoms with Crippen LogP contribution in [-0.2, 0) is 6.54 Å². The molecule has 0 saturated carbocycles. The Balaban J connectivity index is 1.97. The highest BCUT2D eigenvalue weighted by atomic mass is 19.1. The van der Waals surface area contributed by atoms with E-state index in [0.29, 0.717) is 36.9 Å². The molecule has 1 unspecified atom stereocenters. The zero-order valence-electron chi connectivity index (χ0n) is 16.2. The Morgan fingerprint density at radius 2 is 1.96 bits per heavy atom. The lowest BCUT2D eigenvalue weighted by Crippen LogP contribution is -2.42. The van der Waals surface area contributed by atoms with Crippen molar-refractivity contribution in [3.8, 4) is 5.75 Å². The zero-order valence-corrected chi connectivity index (χ0v) is 16.2. The van der Waals surface area contributed by atoms with Gasteiger partial charge < -0.3 is 21.1 Å². The number of rotatable bonds is 9. The molecule has 0 radical (unpaired) electrons. The number of primary amides is 1. The van der Waals surface area contributed by atoms with Crippen LogP contribution < -0.4 is 21.1 Å². The van der Waals surface area contributed by atoms with E-state index in [0.717, 1.165) is 12.0 Å². The number of guanidine groups is 1. The first-order valence-corrected chi connectivity index (χ1v) is 9.35. The summed E-state index contributed by atoms with van der Waals surface area (Å²) in [4.78, 5) is 15.8. The maximum Gasteiger partial charge on any atom is 0.248 e. The minimum Gasteiger partial charge on any atom is -0.489 e. The van der Waals surface area contributed by atoms with Crippen molar-refractivity contribution < 1.29 is 13.9 Å². The number of ether oxygens (including phenoxy) is 1. The molecule has 4 N–H and O–H groups in total. The minimum atomic E-state index is -0.462. The maximum absolute atomic E-state index is 13.3. The number of hydrogen-bond donors (Lipinski definition) is 3. The minimum absolute atomic E-state index is 0.135. The normalized spacial score (nSPS) is 12.3. The van der Waals surface area contributed by atoms with Gasteiger partial charge >= 0.3 is 0 Å². The third-order valence-electron chi connectivity index (χ3n) is 4.03. The quantitative estimate of drug-likeness (QED) is 0.457. The number of carbonyl (C=O) groups is 1. The second kappa shape index (κ2) is 10.9. The van der Waals surface area contributed by atoms with Crippen LogP contribution >= 0.6 is 0 Å². The van der Waals surface area contributed by atoms with E-state index in [2.05, 4.69) is 15.6 Å². The highest BCUT2D eigenvalue weighted by Crippen LogP contribution is 2.14. The van der Waals surface area contributed by atoms with E-state index in [9.17, 15) is 9.18 Å². The summed E-state index contributed by atoms with van der Waals surface area (Å²) in [7, 11) is 0. The fourth-order valence-corrected chi connectivity index (χ4v) is 2.55. The lowest BCUT2D eigenvalue weighted by Gasteiger charge is -2.20. The largest absolute Gasteiger partial charge is 0.489 e. The summed E-state index contributed by atoms with van der Waals surface area (Å²) in [6.07, 6.45) is 0.618. The van der Waals surface area contributed by atoms with Gasteiger partial charge in [-0.3, -0.25) is 4.79 Å². The summed E-state index contributed by atoms with van der Waals surface area (Å²) in [5, 5.41) is 6.42. The molecule has 0 aliphatic rings. The van der Waals surface area contributed by atoms with E-state index >= 15 is 0 Å². The predicted octanol–water partition coefficient (Wildman–Crippen LogP) is 2.84. The smallest absolute Gasteiger partial charge is 0.248 e. The number of benzene rings is 2. The number of hydrogen-bond acceptors (Lipinski definition) is 3. The highest BCUT2D eigenvalue weighted by molar-refractivity contribution is 5.92. The predicted molar refractivity (Wildman–Crippen MR) is 109 cm³/mol. The number of halogens is 1. The monoisotopic (exact) mass is 386 g/mol. The first-order valence-electron chi connectivity index (χ1n) is 9.35. The molecule has 0 spiro atoms. The van der Waals surface area contributed by atoms with Gasteiger partial charge in [-0.25, -0.2) is 9.38 Å². The van der Waals surface area contributed by atoms with Gasteiger partial charge in [0.05, 0.1) is 13.1 Å². The average molecular weight is 386 g/mol. The fraction of sp³-hybridized carbons (Fsp3) is 0.333. The Morgan fingerprint density at radius 3 is 2.64 bits per heavy atom. The van der Waals surface area contributed by atoms with Crippen LogP contribution in [0.5, 0.6) is 5.75 Å². The molecule has 7 heteroatoms. The van der Waals surface area contributed by atoms with Crippen molar-refractivity contribution in [1.82, 2.24) is 10.6 Å². The standard InChI is InChI=1S/C21H27FN4O2/c1-3-18(28-19-10-6-9-17(22)12-19)14-26-21(24-4-2)25-13-15-7-5-8-16(11-15)20(23)27/h5-12,18H,3-4,13-14H2,1-2H3,(H2,23,27)(H2,24,25,26). The second-order valence-electron chi connectivity index (χ2n) is 6.25. The van der Waals surface area contributed by atoms with Crippen molar-refractivity contribution in [1.29, 1.82) is 0 Å². The highest BCUT2D eigenvalue weighted by Gasteiger charge is 2.10. The summed E-state index contributed by atoms with van der Waals surface area (Å²) in [6.45, 7) is 5.60. The van der Waals surface area contributed by atoms with Crippen molar-refractivity contribution >= 4 is 11.9 Å². The van der Waals surface area contributed by atoms with Gasteiger partial charge in [0.25, 0.3) is 0 Å². The van der Waals surface area contributed by atoms with Gasteiger partial charge in [0.15, 0.2) is 5.96 Å². The first-order chi connectivity index (χ1) is 13.5. The van der Waals surface area contributed by atoms with Gasteiger partial charge in [-0.15, -0.1) is 0 Å². The molecule has 6 nitrogen and oxygen atoms in total. The number of carbonyl (C=O) groups excluding carboxylic acids is 1. The molecule has 2 aromatic rings. The molecule has 0 fully saturated rings. The number of nitrogens with two attached hydrogens (primary N) is 1.